The molecule has 2 unspecified atom stereocenters. The molecule has 1 saturated heterocycles. The van der Waals surface area contributed by atoms with Crippen LogP contribution in [0, 0.1) is 16.7 Å². The minimum atomic E-state index is -1.87. The number of furan rings is 1. The van der Waals surface area contributed by atoms with Gasteiger partial charge in [-0.1, -0.05) is 18.2 Å². The van der Waals surface area contributed by atoms with Crippen LogP contribution in [0.5, 0.6) is 0 Å². The second-order valence-electron chi connectivity index (χ2n) is 14.3. The Hall–Kier alpha value is -3.70. The van der Waals surface area contributed by atoms with Crippen LogP contribution in [0.1, 0.15) is 89.1 Å². The summed E-state index contributed by atoms with van der Waals surface area (Å²) < 4.78 is 36.6. The van der Waals surface area contributed by atoms with Gasteiger partial charge in [-0.25, -0.2) is 9.59 Å². The van der Waals surface area contributed by atoms with Crippen LogP contribution < -0.4 is 0 Å². The molecule has 5 rings (SSSR count). The molecule has 244 valence electrons. The van der Waals surface area contributed by atoms with Gasteiger partial charge < -0.3 is 33.2 Å². The molecule has 2 saturated carbocycles. The number of carbonyl (C=O) groups is 4. The summed E-state index contributed by atoms with van der Waals surface area (Å²) in [6.07, 6.45) is -3.45. The molecule has 1 aromatic carbocycles. The molecule has 11 heteroatoms. The van der Waals surface area contributed by atoms with Gasteiger partial charge in [-0.3, -0.25) is 9.59 Å². The second-order valence-corrected chi connectivity index (χ2v) is 14.3. The van der Waals surface area contributed by atoms with Gasteiger partial charge in [0.1, 0.15) is 23.9 Å². The predicted molar refractivity (Wildman–Crippen MR) is 158 cm³/mol. The minimum absolute atomic E-state index is 0.0554. The van der Waals surface area contributed by atoms with Crippen molar-refractivity contribution in [3.63, 3.8) is 0 Å². The van der Waals surface area contributed by atoms with E-state index in [2.05, 4.69) is 0 Å². The lowest BCUT2D eigenvalue weighted by atomic mass is 9.47. The number of carbonyl (C=O) groups excluding carboxylic acids is 4. The number of aliphatic hydroxyl groups is 1. The molecule has 2 bridgehead atoms. The van der Waals surface area contributed by atoms with E-state index in [9.17, 15) is 24.3 Å². The summed E-state index contributed by atoms with van der Waals surface area (Å²) in [6, 6.07) is 11.3. The van der Waals surface area contributed by atoms with Gasteiger partial charge in [0.25, 0.3) is 0 Å². The third-order valence-electron chi connectivity index (χ3n) is 9.73. The fourth-order valence-electron chi connectivity index (χ4n) is 7.63. The van der Waals surface area contributed by atoms with Crippen molar-refractivity contribution in [1.29, 1.82) is 0 Å². The van der Waals surface area contributed by atoms with E-state index in [0.717, 1.165) is 0 Å². The van der Waals surface area contributed by atoms with Crippen molar-refractivity contribution in [2.45, 2.75) is 109 Å². The van der Waals surface area contributed by atoms with Crippen molar-refractivity contribution in [2.24, 2.45) is 16.7 Å². The predicted octanol–water partition coefficient (Wildman–Crippen LogP) is 4.65. The third kappa shape index (κ3) is 5.23. The zero-order chi connectivity index (χ0) is 33.2. The minimum Gasteiger partial charge on any atom is -0.458 e. The first-order valence-corrected chi connectivity index (χ1v) is 15.2. The third-order valence-corrected chi connectivity index (χ3v) is 9.73. The topological polar surface area (TPSA) is 148 Å². The molecule has 2 aromatic rings. The summed E-state index contributed by atoms with van der Waals surface area (Å²) in [5.74, 6) is -3.32. The molecular formula is C34H42O11. The van der Waals surface area contributed by atoms with E-state index in [1.54, 1.807) is 64.1 Å². The summed E-state index contributed by atoms with van der Waals surface area (Å²) in [5, 5.41) is 12.6. The largest absolute Gasteiger partial charge is 0.458 e. The Morgan fingerprint density at radius 3 is 2.11 bits per heavy atom. The number of benzene rings is 1. The molecule has 11 nitrogen and oxygen atoms in total. The molecule has 1 N–H and O–H groups in total. The number of ether oxygens (including phenoxy) is 5. The number of fused-ring (bicyclic) bond motifs is 1. The van der Waals surface area contributed by atoms with E-state index in [1.807, 2.05) is 13.8 Å². The molecule has 2 aliphatic carbocycles. The number of hydrogen-bond donors (Lipinski definition) is 1. The van der Waals surface area contributed by atoms with Gasteiger partial charge in [0, 0.05) is 19.3 Å². The van der Waals surface area contributed by atoms with Crippen molar-refractivity contribution in [3.05, 3.63) is 60.1 Å². The normalized spacial score (nSPS) is 35.1. The number of hydrogen-bond acceptors (Lipinski definition) is 11. The number of esters is 4. The Bertz CT molecular complexity index is 1450. The summed E-state index contributed by atoms with van der Waals surface area (Å²) in [6.45, 7) is 13.2. The maximum Gasteiger partial charge on any atom is 0.374 e. The Morgan fingerprint density at radius 1 is 0.867 bits per heavy atom. The Balaban J connectivity index is 1.70. The van der Waals surface area contributed by atoms with Crippen molar-refractivity contribution in [1.82, 2.24) is 0 Å². The summed E-state index contributed by atoms with van der Waals surface area (Å²) in [7, 11) is 0. The molecule has 1 aromatic heterocycles. The van der Waals surface area contributed by atoms with Crippen molar-refractivity contribution >= 4 is 23.9 Å². The van der Waals surface area contributed by atoms with Gasteiger partial charge in [-0.2, -0.15) is 0 Å². The van der Waals surface area contributed by atoms with Crippen LogP contribution in [0.4, 0.5) is 0 Å². The molecule has 3 fully saturated rings. The highest BCUT2D eigenvalue weighted by Crippen LogP contribution is 2.69. The van der Waals surface area contributed by atoms with E-state index in [1.165, 1.54) is 26.2 Å². The Kier molecular flexibility index (Phi) is 7.97. The number of rotatable bonds is 6. The Morgan fingerprint density at radius 2 is 1.53 bits per heavy atom. The van der Waals surface area contributed by atoms with Crippen LogP contribution in [-0.4, -0.2) is 70.2 Å². The zero-order valence-corrected chi connectivity index (χ0v) is 26.9. The smallest absolute Gasteiger partial charge is 0.374 e. The summed E-state index contributed by atoms with van der Waals surface area (Å²) >= 11 is 0. The SMILES string of the molecule is CC(=O)O[C@H]1[C@@H](OC(=O)c2ccccc2)C[C@](C)(O)C23OC(C)(C)C(C[C@H](OC(=O)c4ccco4)[C@]12C)[C@H]3OC(=O)C(C)(C)C. The van der Waals surface area contributed by atoms with Crippen LogP contribution in [0.3, 0.4) is 0 Å². The Labute approximate surface area is 262 Å². The first-order valence-electron chi connectivity index (χ1n) is 15.2. The van der Waals surface area contributed by atoms with Gasteiger partial charge in [0.2, 0.25) is 5.76 Å². The van der Waals surface area contributed by atoms with Crippen molar-refractivity contribution < 1.29 is 52.4 Å². The average molecular weight is 627 g/mol. The molecular weight excluding hydrogens is 584 g/mol. The first kappa shape index (κ1) is 32.7. The maximum absolute atomic E-state index is 13.5. The molecule has 2 heterocycles. The van der Waals surface area contributed by atoms with Crippen LogP contribution in [0.2, 0.25) is 0 Å². The molecule has 45 heavy (non-hydrogen) atoms. The molecule has 8 atom stereocenters. The van der Waals surface area contributed by atoms with Gasteiger partial charge in [0.15, 0.2) is 6.10 Å². The lowest BCUT2D eigenvalue weighted by Gasteiger charge is -2.65. The van der Waals surface area contributed by atoms with Crippen LogP contribution in [-0.2, 0) is 33.3 Å². The van der Waals surface area contributed by atoms with Gasteiger partial charge in [-0.05, 0) is 79.2 Å². The summed E-state index contributed by atoms with van der Waals surface area (Å²) in [5.41, 5.74) is -6.94. The van der Waals surface area contributed by atoms with E-state index < -0.39 is 81.8 Å². The standard InChI is InChI=1S/C34H42O11/c1-19(35)41-26-23(42-27(36)20-13-10-9-11-14-20)18-32(7,39)34-25(44-29(38)30(2,3)4)21(31(5,6)45-34)17-24(33(26,34)8)43-28(37)22-15-12-16-40-22/h9-16,21,23-26,39H,17-18H2,1-8H3/t21?,23-,24-,25+,26-,32-,33+,34?/m0/s1. The van der Waals surface area contributed by atoms with E-state index in [0.29, 0.717) is 0 Å². The molecule has 0 radical (unpaired) electrons. The fraction of sp³-hybridized carbons (Fsp3) is 0.588. The molecule has 3 aliphatic rings. The second kappa shape index (κ2) is 11.0. The highest BCUT2D eigenvalue weighted by atomic mass is 16.6. The fourth-order valence-corrected chi connectivity index (χ4v) is 7.63. The van der Waals surface area contributed by atoms with Gasteiger partial charge in [-0.15, -0.1) is 0 Å². The quantitative estimate of drug-likeness (QED) is 0.353. The molecule has 1 aliphatic heterocycles. The monoisotopic (exact) mass is 626 g/mol. The van der Waals surface area contributed by atoms with E-state index >= 15 is 0 Å². The highest BCUT2D eigenvalue weighted by Gasteiger charge is 2.84. The van der Waals surface area contributed by atoms with Crippen LogP contribution in [0.25, 0.3) is 0 Å². The first-order chi connectivity index (χ1) is 20.8. The van der Waals surface area contributed by atoms with Gasteiger partial charge >= 0.3 is 23.9 Å². The van der Waals surface area contributed by atoms with E-state index in [4.69, 9.17) is 28.1 Å². The lowest BCUT2D eigenvalue weighted by Crippen LogP contribution is -2.81. The molecule has 1 spiro atoms. The van der Waals surface area contributed by atoms with Crippen LogP contribution >= 0.6 is 0 Å². The van der Waals surface area contributed by atoms with Crippen LogP contribution in [0.15, 0.2) is 53.1 Å². The van der Waals surface area contributed by atoms with E-state index in [-0.39, 0.29) is 24.2 Å². The average Bonchev–Trinajstić information content (AvgIpc) is 3.54. The van der Waals surface area contributed by atoms with Crippen molar-refractivity contribution in [3.8, 4) is 0 Å². The summed E-state index contributed by atoms with van der Waals surface area (Å²) in [4.78, 5) is 53.0. The zero-order valence-electron chi connectivity index (χ0n) is 26.9. The molecule has 0 amide bonds. The maximum atomic E-state index is 13.5. The van der Waals surface area contributed by atoms with Crippen molar-refractivity contribution in [2.75, 3.05) is 0 Å². The highest BCUT2D eigenvalue weighted by molar-refractivity contribution is 5.89. The lowest BCUT2D eigenvalue weighted by molar-refractivity contribution is -0.344. The van der Waals surface area contributed by atoms with Gasteiger partial charge in [0.05, 0.1) is 33.9 Å².